The van der Waals surface area contributed by atoms with Crippen molar-refractivity contribution in [3.8, 4) is 67.0 Å². The van der Waals surface area contributed by atoms with Crippen LogP contribution in [0, 0.1) is 0 Å². The maximum Gasteiger partial charge on any atom is 0.0619 e. The van der Waals surface area contributed by atoms with Crippen molar-refractivity contribution in [1.29, 1.82) is 0 Å². The second-order valence-electron chi connectivity index (χ2n) is 21.7. The molecule has 0 aliphatic carbocycles. The Morgan fingerprint density at radius 3 is 0.904 bits per heavy atom. The molecule has 14 aromatic carbocycles. The number of benzene rings is 14. The van der Waals surface area contributed by atoms with Crippen molar-refractivity contribution in [2.75, 3.05) is 4.90 Å². The molecule has 3 heteroatoms. The highest BCUT2D eigenvalue weighted by atomic mass is 15.1. The Morgan fingerprint density at radius 1 is 0.193 bits per heavy atom. The van der Waals surface area contributed by atoms with Crippen LogP contribution in [0.3, 0.4) is 0 Å². The van der Waals surface area contributed by atoms with E-state index in [4.69, 9.17) is 0 Å². The van der Waals surface area contributed by atoms with Gasteiger partial charge in [-0.3, -0.25) is 0 Å². The molecule has 0 bridgehead atoms. The van der Waals surface area contributed by atoms with Crippen molar-refractivity contribution in [1.82, 2.24) is 9.13 Å². The van der Waals surface area contributed by atoms with Gasteiger partial charge in [0.2, 0.25) is 0 Å². The zero-order valence-corrected chi connectivity index (χ0v) is 45.4. The van der Waals surface area contributed by atoms with E-state index in [-0.39, 0.29) is 0 Å². The summed E-state index contributed by atoms with van der Waals surface area (Å²) in [7, 11) is 0. The minimum absolute atomic E-state index is 1.07. The van der Waals surface area contributed by atoms with Crippen molar-refractivity contribution in [3.05, 3.63) is 322 Å². The van der Waals surface area contributed by atoms with E-state index in [0.717, 1.165) is 61.8 Å². The third kappa shape index (κ3) is 8.37. The Labute approximate surface area is 482 Å². The Kier molecular flexibility index (Phi) is 11.5. The average molecular weight is 1060 g/mol. The van der Waals surface area contributed by atoms with Crippen molar-refractivity contribution in [2.24, 2.45) is 0 Å². The highest BCUT2D eigenvalue weighted by Gasteiger charge is 2.20. The van der Waals surface area contributed by atoms with Gasteiger partial charge in [-0.05, 0) is 170 Å². The van der Waals surface area contributed by atoms with E-state index in [0.29, 0.717) is 0 Å². The van der Waals surface area contributed by atoms with Gasteiger partial charge >= 0.3 is 0 Å². The van der Waals surface area contributed by atoms with E-state index < -0.39 is 0 Å². The second-order valence-corrected chi connectivity index (χ2v) is 21.7. The lowest BCUT2D eigenvalue weighted by Gasteiger charge is -2.26. The molecule has 0 unspecified atom stereocenters. The van der Waals surface area contributed by atoms with Gasteiger partial charge in [0.05, 0.1) is 22.1 Å². The molecule has 2 heterocycles. The molecule has 0 atom stereocenters. The van der Waals surface area contributed by atoms with Crippen LogP contribution in [0.2, 0.25) is 0 Å². The summed E-state index contributed by atoms with van der Waals surface area (Å²) in [5.74, 6) is 0. The first-order valence-corrected chi connectivity index (χ1v) is 28.6. The van der Waals surface area contributed by atoms with E-state index in [2.05, 4.69) is 336 Å². The minimum atomic E-state index is 1.07. The molecular weight excluding hydrogens is 1000 g/mol. The fourth-order valence-corrected chi connectivity index (χ4v) is 12.9. The lowest BCUT2D eigenvalue weighted by atomic mass is 9.92. The number of aromatic nitrogens is 2. The fraction of sp³-hybridized carbons (Fsp3) is 0. The molecule has 0 saturated heterocycles. The Hall–Kier alpha value is -11.0. The molecule has 3 nitrogen and oxygen atoms in total. The van der Waals surface area contributed by atoms with Gasteiger partial charge in [-0.2, -0.15) is 0 Å². The fourth-order valence-electron chi connectivity index (χ4n) is 12.9. The Balaban J connectivity index is 0.870. The maximum absolute atomic E-state index is 2.45. The van der Waals surface area contributed by atoms with Gasteiger partial charge in [0.1, 0.15) is 0 Å². The standard InChI is InChI=1S/C80H53N3/c1-5-17-54(18-6-1)56-29-39-68(40-30-56)81(69-41-31-57(32-42-69)55-19-7-2-8-20-55)70-43-33-58(34-44-70)63-49-64(61-37-47-77-75(52-61)73-45-35-59-21-13-15-27-71(59)79(73)82(77)66-23-9-3-10-24-66)51-65(50-63)62-38-48-78-76(53-62)74-46-36-60-22-14-16-28-72(60)80(74)83(78)67-25-11-4-12-26-67/h1-53H. The number of fused-ring (bicyclic) bond motifs is 10. The highest BCUT2D eigenvalue weighted by molar-refractivity contribution is 6.20. The third-order valence-electron chi connectivity index (χ3n) is 16.9. The largest absolute Gasteiger partial charge is 0.311 e. The maximum atomic E-state index is 2.45. The van der Waals surface area contributed by atoms with E-state index in [1.165, 1.54) is 87.4 Å². The van der Waals surface area contributed by atoms with Gasteiger partial charge < -0.3 is 14.0 Å². The van der Waals surface area contributed by atoms with Crippen molar-refractivity contribution in [2.45, 2.75) is 0 Å². The molecule has 2 aromatic heterocycles. The topological polar surface area (TPSA) is 13.1 Å². The Morgan fingerprint density at radius 2 is 0.506 bits per heavy atom. The van der Waals surface area contributed by atoms with E-state index >= 15 is 0 Å². The number of hydrogen-bond donors (Lipinski definition) is 0. The van der Waals surface area contributed by atoms with Gasteiger partial charge in [0.25, 0.3) is 0 Å². The monoisotopic (exact) mass is 1060 g/mol. The summed E-state index contributed by atoms with van der Waals surface area (Å²) >= 11 is 0. The minimum Gasteiger partial charge on any atom is -0.311 e. The molecule has 0 fully saturated rings. The molecule has 0 amide bonds. The first-order valence-electron chi connectivity index (χ1n) is 28.6. The predicted molar refractivity (Wildman–Crippen MR) is 352 cm³/mol. The van der Waals surface area contributed by atoms with Crippen LogP contribution in [0.25, 0.3) is 132 Å². The number of rotatable bonds is 10. The van der Waals surface area contributed by atoms with Crippen LogP contribution in [-0.2, 0) is 0 Å². The van der Waals surface area contributed by atoms with Crippen LogP contribution in [0.5, 0.6) is 0 Å². The van der Waals surface area contributed by atoms with Crippen LogP contribution in [-0.4, -0.2) is 9.13 Å². The first kappa shape index (κ1) is 48.0. The molecular formula is C80H53N3. The van der Waals surface area contributed by atoms with Crippen LogP contribution in [0.15, 0.2) is 322 Å². The lowest BCUT2D eigenvalue weighted by molar-refractivity contribution is 1.19. The van der Waals surface area contributed by atoms with Crippen molar-refractivity contribution in [3.63, 3.8) is 0 Å². The molecule has 388 valence electrons. The number of para-hydroxylation sites is 2. The summed E-state index contributed by atoms with van der Waals surface area (Å²) in [5.41, 5.74) is 22.0. The SMILES string of the molecule is c1ccc(-c2ccc(N(c3ccc(-c4ccccc4)cc3)c3ccc(-c4cc(-c5ccc6c(c5)c5ccc7ccccc7c5n6-c5ccccc5)cc(-c5ccc6c(c5)c5ccc7ccccc7c5n6-c5ccccc5)c4)cc3)cc2)cc1. The van der Waals surface area contributed by atoms with Crippen LogP contribution < -0.4 is 4.90 Å². The van der Waals surface area contributed by atoms with E-state index in [9.17, 15) is 0 Å². The zero-order chi connectivity index (χ0) is 54.8. The number of nitrogens with zero attached hydrogens (tertiary/aromatic N) is 3. The van der Waals surface area contributed by atoms with Crippen LogP contribution >= 0.6 is 0 Å². The highest BCUT2D eigenvalue weighted by Crippen LogP contribution is 2.44. The summed E-state index contributed by atoms with van der Waals surface area (Å²) in [5, 5.41) is 9.85. The predicted octanol–water partition coefficient (Wildman–Crippen LogP) is 22.0. The number of hydrogen-bond acceptors (Lipinski definition) is 1. The van der Waals surface area contributed by atoms with Crippen LogP contribution in [0.1, 0.15) is 0 Å². The lowest BCUT2D eigenvalue weighted by Crippen LogP contribution is -2.09. The van der Waals surface area contributed by atoms with E-state index in [1.807, 2.05) is 0 Å². The summed E-state index contributed by atoms with van der Waals surface area (Å²) in [6, 6.07) is 118. The van der Waals surface area contributed by atoms with E-state index in [1.54, 1.807) is 0 Å². The van der Waals surface area contributed by atoms with Crippen molar-refractivity contribution >= 4 is 82.2 Å². The summed E-state index contributed by atoms with van der Waals surface area (Å²) in [4.78, 5) is 2.36. The van der Waals surface area contributed by atoms with Gasteiger partial charge in [-0.15, -0.1) is 0 Å². The summed E-state index contributed by atoms with van der Waals surface area (Å²) in [6.45, 7) is 0. The quantitative estimate of drug-likeness (QED) is 0.133. The normalized spacial score (nSPS) is 11.6. The van der Waals surface area contributed by atoms with Crippen LogP contribution in [0.4, 0.5) is 17.1 Å². The molecule has 16 aromatic rings. The summed E-state index contributed by atoms with van der Waals surface area (Å²) in [6.07, 6.45) is 0. The second kappa shape index (κ2) is 20.0. The molecule has 16 rings (SSSR count). The summed E-state index contributed by atoms with van der Waals surface area (Å²) < 4.78 is 4.90. The van der Waals surface area contributed by atoms with Gasteiger partial charge in [-0.1, -0.05) is 218 Å². The molecule has 0 radical (unpaired) electrons. The molecule has 0 aliphatic rings. The third-order valence-corrected chi connectivity index (χ3v) is 16.9. The molecule has 83 heavy (non-hydrogen) atoms. The smallest absolute Gasteiger partial charge is 0.0619 e. The zero-order valence-electron chi connectivity index (χ0n) is 45.4. The molecule has 0 aliphatic heterocycles. The Bertz CT molecular complexity index is 4780. The first-order chi connectivity index (χ1) is 41.1. The van der Waals surface area contributed by atoms with Gasteiger partial charge in [-0.25, -0.2) is 0 Å². The average Bonchev–Trinajstić information content (AvgIpc) is 2.86. The van der Waals surface area contributed by atoms with Gasteiger partial charge in [0.15, 0.2) is 0 Å². The molecule has 0 saturated carbocycles. The van der Waals surface area contributed by atoms with Crippen molar-refractivity contribution < 1.29 is 0 Å². The molecule has 0 spiro atoms. The number of anilines is 3. The van der Waals surface area contributed by atoms with Gasteiger partial charge in [0, 0.05) is 60.8 Å². The molecule has 0 N–H and O–H groups in total.